The average Bonchev–Trinajstić information content (AvgIpc) is 2.89. The Balaban J connectivity index is 1.92. The van der Waals surface area contributed by atoms with Crippen LogP contribution in [0.25, 0.3) is 0 Å². The van der Waals surface area contributed by atoms with Crippen molar-refractivity contribution in [3.8, 4) is 0 Å². The summed E-state index contributed by atoms with van der Waals surface area (Å²) in [5.74, 6) is -0.705. The molecular weight excluding hydrogens is 300 g/mol. The van der Waals surface area contributed by atoms with Crippen molar-refractivity contribution in [1.29, 1.82) is 0 Å². The molecule has 2 atom stereocenters. The lowest BCUT2D eigenvalue weighted by Gasteiger charge is -2.26. The molecule has 5 nitrogen and oxygen atoms in total. The smallest absolute Gasteiger partial charge is 0.317 e. The quantitative estimate of drug-likeness (QED) is 0.902. The van der Waals surface area contributed by atoms with Crippen molar-refractivity contribution in [2.75, 3.05) is 26.7 Å². The van der Waals surface area contributed by atoms with Crippen LogP contribution >= 0.6 is 11.3 Å². The number of nitrogens with zero attached hydrogens (tertiary/aromatic N) is 2. The maximum Gasteiger partial charge on any atom is 0.317 e. The van der Waals surface area contributed by atoms with Crippen LogP contribution in [0.5, 0.6) is 0 Å². The molecule has 0 aliphatic carbocycles. The van der Waals surface area contributed by atoms with Crippen molar-refractivity contribution in [1.82, 2.24) is 9.80 Å². The second-order valence-electron chi connectivity index (χ2n) is 5.96. The second-order valence-corrected chi connectivity index (χ2v) is 6.94. The van der Waals surface area contributed by atoms with Gasteiger partial charge in [0, 0.05) is 24.0 Å². The Morgan fingerprint density at radius 2 is 2.23 bits per heavy atom. The zero-order valence-electron chi connectivity index (χ0n) is 13.2. The zero-order chi connectivity index (χ0) is 16.1. The van der Waals surface area contributed by atoms with Gasteiger partial charge in [-0.05, 0) is 44.7 Å². The number of likely N-dealkylation sites (N-methyl/N-ethyl adjacent to an activating group) is 1. The van der Waals surface area contributed by atoms with Gasteiger partial charge in [-0.15, -0.1) is 11.3 Å². The van der Waals surface area contributed by atoms with Crippen molar-refractivity contribution >= 4 is 23.2 Å². The Kier molecular flexibility index (Phi) is 5.97. The lowest BCUT2D eigenvalue weighted by molar-refractivity contribution is -0.138. The fourth-order valence-electron chi connectivity index (χ4n) is 3.02. The summed E-state index contributed by atoms with van der Waals surface area (Å²) in [5.41, 5.74) is 0. The molecule has 0 spiro atoms. The van der Waals surface area contributed by atoms with E-state index in [-0.39, 0.29) is 24.4 Å². The summed E-state index contributed by atoms with van der Waals surface area (Å²) in [7, 11) is 1.85. The Labute approximate surface area is 135 Å². The van der Waals surface area contributed by atoms with E-state index in [1.807, 2.05) is 41.3 Å². The van der Waals surface area contributed by atoms with Crippen molar-refractivity contribution < 1.29 is 14.7 Å². The molecule has 1 aliphatic heterocycles. The number of carboxylic acid groups (broad SMARTS) is 1. The first-order chi connectivity index (χ1) is 10.5. The van der Waals surface area contributed by atoms with Gasteiger partial charge in [0.25, 0.3) is 0 Å². The van der Waals surface area contributed by atoms with Crippen molar-refractivity contribution in [3.63, 3.8) is 0 Å². The molecule has 1 aliphatic rings. The summed E-state index contributed by atoms with van der Waals surface area (Å²) in [6.07, 6.45) is 2.71. The second kappa shape index (κ2) is 7.74. The van der Waals surface area contributed by atoms with E-state index in [1.54, 1.807) is 11.3 Å². The lowest BCUT2D eigenvalue weighted by Crippen LogP contribution is -2.38. The average molecular weight is 324 g/mol. The van der Waals surface area contributed by atoms with Crippen LogP contribution in [0.3, 0.4) is 0 Å². The minimum absolute atomic E-state index is 0.0597. The number of aliphatic carboxylic acids is 1. The molecule has 1 aromatic heterocycles. The topological polar surface area (TPSA) is 60.9 Å². The van der Waals surface area contributed by atoms with Gasteiger partial charge in [0.2, 0.25) is 5.91 Å². The molecule has 2 rings (SSSR count). The van der Waals surface area contributed by atoms with Gasteiger partial charge in [-0.1, -0.05) is 6.07 Å². The highest BCUT2D eigenvalue weighted by Crippen LogP contribution is 2.25. The van der Waals surface area contributed by atoms with E-state index in [9.17, 15) is 9.59 Å². The van der Waals surface area contributed by atoms with Gasteiger partial charge in [0.15, 0.2) is 0 Å². The monoisotopic (exact) mass is 324 g/mol. The molecule has 2 heterocycles. The minimum atomic E-state index is -0.800. The van der Waals surface area contributed by atoms with Gasteiger partial charge in [-0.25, -0.2) is 0 Å². The first-order valence-electron chi connectivity index (χ1n) is 7.73. The molecular formula is C16H24N2O3S. The van der Waals surface area contributed by atoms with Gasteiger partial charge < -0.3 is 10.0 Å². The maximum absolute atomic E-state index is 12.6. The zero-order valence-corrected chi connectivity index (χ0v) is 14.0. The summed E-state index contributed by atoms with van der Waals surface area (Å²) in [4.78, 5) is 28.4. The lowest BCUT2D eigenvalue weighted by atomic mass is 10.1. The van der Waals surface area contributed by atoms with Crippen LogP contribution in [0.15, 0.2) is 17.5 Å². The van der Waals surface area contributed by atoms with Gasteiger partial charge in [-0.3, -0.25) is 14.5 Å². The minimum Gasteiger partial charge on any atom is -0.480 e. The summed E-state index contributed by atoms with van der Waals surface area (Å²) in [6, 6.07) is 4.23. The standard InChI is InChI=1S/C16H24N2O3S/c1-12(14-6-4-10-22-14)16(21)18-8-3-5-13(7-9-18)17(2)11-15(19)20/h4,6,10,12-13H,3,5,7-9,11H2,1-2H3,(H,19,20). The van der Waals surface area contributed by atoms with Crippen LogP contribution in [0.2, 0.25) is 0 Å². The fourth-order valence-corrected chi connectivity index (χ4v) is 3.79. The number of hydrogen-bond donors (Lipinski definition) is 1. The van der Waals surface area contributed by atoms with Crippen LogP contribution in [0.4, 0.5) is 0 Å². The molecule has 1 aromatic rings. The predicted octanol–water partition coefficient (Wildman–Crippen LogP) is 2.25. The van der Waals surface area contributed by atoms with Gasteiger partial charge >= 0.3 is 5.97 Å². The molecule has 6 heteroatoms. The van der Waals surface area contributed by atoms with Crippen LogP contribution in [-0.4, -0.2) is 59.5 Å². The van der Waals surface area contributed by atoms with Crippen molar-refractivity contribution in [2.45, 2.75) is 38.1 Å². The number of carbonyl (C=O) groups excluding carboxylic acids is 1. The van der Waals surface area contributed by atoms with Crippen LogP contribution in [-0.2, 0) is 9.59 Å². The number of carbonyl (C=O) groups is 2. The Morgan fingerprint density at radius 1 is 1.45 bits per heavy atom. The van der Waals surface area contributed by atoms with Gasteiger partial charge in [0.05, 0.1) is 12.5 Å². The number of hydrogen-bond acceptors (Lipinski definition) is 4. The molecule has 1 saturated heterocycles. The Bertz CT molecular complexity index is 503. The normalized spacial score (nSPS) is 20.7. The predicted molar refractivity (Wildman–Crippen MR) is 87.2 cm³/mol. The molecule has 122 valence electrons. The number of carboxylic acids is 1. The van der Waals surface area contributed by atoms with Crippen molar-refractivity contribution in [3.05, 3.63) is 22.4 Å². The first-order valence-corrected chi connectivity index (χ1v) is 8.61. The molecule has 1 N–H and O–H groups in total. The summed E-state index contributed by atoms with van der Waals surface area (Å²) in [5, 5.41) is 10.9. The van der Waals surface area contributed by atoms with E-state index >= 15 is 0 Å². The highest BCUT2D eigenvalue weighted by Gasteiger charge is 2.27. The van der Waals surface area contributed by atoms with Gasteiger partial charge in [0.1, 0.15) is 0 Å². The Morgan fingerprint density at radius 3 is 2.86 bits per heavy atom. The van der Waals surface area contributed by atoms with Gasteiger partial charge in [-0.2, -0.15) is 0 Å². The van der Waals surface area contributed by atoms with Crippen LogP contribution < -0.4 is 0 Å². The Hall–Kier alpha value is -1.40. The SMILES string of the molecule is CC(C(=O)N1CCCC(N(C)CC(=O)O)CC1)c1cccs1. The maximum atomic E-state index is 12.6. The third-order valence-electron chi connectivity index (χ3n) is 4.36. The molecule has 2 unspecified atom stereocenters. The highest BCUT2D eigenvalue weighted by atomic mass is 32.1. The van der Waals surface area contributed by atoms with E-state index in [0.717, 1.165) is 30.7 Å². The number of thiophene rings is 1. The van der Waals surface area contributed by atoms with Crippen LogP contribution in [0.1, 0.15) is 37.0 Å². The summed E-state index contributed by atoms with van der Waals surface area (Å²) >= 11 is 1.62. The highest BCUT2D eigenvalue weighted by molar-refractivity contribution is 7.10. The molecule has 1 fully saturated rings. The molecule has 0 radical (unpaired) electrons. The van der Waals surface area contributed by atoms with E-state index in [4.69, 9.17) is 5.11 Å². The number of amides is 1. The van der Waals surface area contributed by atoms with Crippen molar-refractivity contribution in [2.24, 2.45) is 0 Å². The molecule has 0 bridgehead atoms. The third-order valence-corrected chi connectivity index (χ3v) is 5.41. The summed E-state index contributed by atoms with van der Waals surface area (Å²) in [6.45, 7) is 3.51. The molecule has 0 aromatic carbocycles. The molecule has 22 heavy (non-hydrogen) atoms. The van der Waals surface area contributed by atoms with E-state index < -0.39 is 5.97 Å². The molecule has 1 amide bonds. The fraction of sp³-hybridized carbons (Fsp3) is 0.625. The third kappa shape index (κ3) is 4.30. The summed E-state index contributed by atoms with van der Waals surface area (Å²) < 4.78 is 0. The van der Waals surface area contributed by atoms with E-state index in [2.05, 4.69) is 0 Å². The van der Waals surface area contributed by atoms with Crippen LogP contribution in [0, 0.1) is 0 Å². The number of rotatable bonds is 5. The number of likely N-dealkylation sites (tertiary alicyclic amines) is 1. The largest absolute Gasteiger partial charge is 0.480 e. The first kappa shape index (κ1) is 17.0. The van der Waals surface area contributed by atoms with E-state index in [0.29, 0.717) is 6.54 Å². The van der Waals surface area contributed by atoms with E-state index in [1.165, 1.54) is 0 Å². The molecule has 0 saturated carbocycles.